The molecule has 0 fully saturated rings. The predicted octanol–water partition coefficient (Wildman–Crippen LogP) is 2.64. The van der Waals surface area contributed by atoms with Crippen molar-refractivity contribution in [3.63, 3.8) is 0 Å². The van der Waals surface area contributed by atoms with E-state index in [0.29, 0.717) is 0 Å². The van der Waals surface area contributed by atoms with E-state index in [1.807, 2.05) is 12.1 Å². The van der Waals surface area contributed by atoms with E-state index in [1.165, 1.54) is 6.39 Å². The lowest BCUT2D eigenvalue weighted by molar-refractivity contribution is 0.347. The first-order valence-electron chi connectivity index (χ1n) is 6.26. The van der Waals surface area contributed by atoms with Crippen LogP contribution < -0.4 is 10.6 Å². The fourth-order valence-electron chi connectivity index (χ4n) is 2.28. The molecule has 18 heavy (non-hydrogen) atoms. The molecule has 0 radical (unpaired) electrons. The molecule has 2 N–H and O–H groups in total. The minimum absolute atomic E-state index is 0.208. The zero-order valence-corrected chi connectivity index (χ0v) is 11.3. The van der Waals surface area contributed by atoms with Crippen LogP contribution in [0.5, 0.6) is 0 Å². The average molecular weight is 247 g/mol. The molecule has 1 aromatic carbocycles. The Hall–Kier alpha value is -1.55. The van der Waals surface area contributed by atoms with E-state index in [0.717, 1.165) is 36.3 Å². The molecule has 0 bridgehead atoms. The Morgan fingerprint density at radius 1 is 1.39 bits per heavy atom. The SMILES string of the molecule is CN(CC(C)(C)CCN)c1ccc2ncoc2c1. The molecule has 0 spiro atoms. The van der Waals surface area contributed by atoms with E-state index in [4.69, 9.17) is 10.2 Å². The van der Waals surface area contributed by atoms with Crippen LogP contribution in [-0.4, -0.2) is 25.1 Å². The summed E-state index contributed by atoms with van der Waals surface area (Å²) in [5.41, 5.74) is 8.73. The monoisotopic (exact) mass is 247 g/mol. The Morgan fingerprint density at radius 2 is 2.17 bits per heavy atom. The molecule has 98 valence electrons. The molecule has 0 aliphatic rings. The molecule has 0 saturated carbocycles. The first-order valence-corrected chi connectivity index (χ1v) is 6.26. The van der Waals surface area contributed by atoms with Crippen molar-refractivity contribution in [2.24, 2.45) is 11.1 Å². The Balaban J connectivity index is 2.15. The molecule has 4 heteroatoms. The fourth-order valence-corrected chi connectivity index (χ4v) is 2.28. The third-order valence-electron chi connectivity index (χ3n) is 3.24. The molecule has 2 rings (SSSR count). The fraction of sp³-hybridized carbons (Fsp3) is 0.500. The van der Waals surface area contributed by atoms with Crippen molar-refractivity contribution in [1.29, 1.82) is 0 Å². The largest absolute Gasteiger partial charge is 0.443 e. The molecule has 0 amide bonds. The summed E-state index contributed by atoms with van der Waals surface area (Å²) >= 11 is 0. The van der Waals surface area contributed by atoms with Crippen molar-refractivity contribution in [2.45, 2.75) is 20.3 Å². The third kappa shape index (κ3) is 2.82. The van der Waals surface area contributed by atoms with E-state index in [-0.39, 0.29) is 5.41 Å². The van der Waals surface area contributed by atoms with Gasteiger partial charge in [-0.2, -0.15) is 0 Å². The zero-order chi connectivity index (χ0) is 13.2. The summed E-state index contributed by atoms with van der Waals surface area (Å²) < 4.78 is 5.33. The standard InChI is InChI=1S/C14H21N3O/c1-14(2,6-7-15)9-17(3)11-4-5-12-13(8-11)18-10-16-12/h4-5,8,10H,6-7,9,15H2,1-3H3. The highest BCUT2D eigenvalue weighted by molar-refractivity contribution is 5.77. The van der Waals surface area contributed by atoms with Gasteiger partial charge in [-0.05, 0) is 30.5 Å². The van der Waals surface area contributed by atoms with E-state index < -0.39 is 0 Å². The van der Waals surface area contributed by atoms with Gasteiger partial charge in [0.1, 0.15) is 5.52 Å². The van der Waals surface area contributed by atoms with E-state index >= 15 is 0 Å². The molecule has 0 aliphatic heterocycles. The maximum Gasteiger partial charge on any atom is 0.181 e. The van der Waals surface area contributed by atoms with Gasteiger partial charge in [0.15, 0.2) is 12.0 Å². The number of rotatable bonds is 5. The van der Waals surface area contributed by atoms with Gasteiger partial charge in [0.25, 0.3) is 0 Å². The van der Waals surface area contributed by atoms with Crippen molar-refractivity contribution in [2.75, 3.05) is 25.0 Å². The molecule has 1 aromatic heterocycles. The molecule has 0 aliphatic carbocycles. The number of oxazole rings is 1. The highest BCUT2D eigenvalue weighted by Crippen LogP contribution is 2.26. The molecule has 2 aromatic rings. The van der Waals surface area contributed by atoms with Gasteiger partial charge >= 0.3 is 0 Å². The smallest absolute Gasteiger partial charge is 0.181 e. The summed E-state index contributed by atoms with van der Waals surface area (Å²) in [5.74, 6) is 0. The lowest BCUT2D eigenvalue weighted by Crippen LogP contribution is -2.32. The number of fused-ring (bicyclic) bond motifs is 1. The number of nitrogens with zero attached hydrogens (tertiary/aromatic N) is 2. The lowest BCUT2D eigenvalue weighted by atomic mass is 9.89. The van der Waals surface area contributed by atoms with Crippen LogP contribution in [0.15, 0.2) is 29.0 Å². The summed E-state index contributed by atoms with van der Waals surface area (Å²) in [4.78, 5) is 6.36. The Morgan fingerprint density at radius 3 is 2.89 bits per heavy atom. The second-order valence-electron chi connectivity index (χ2n) is 5.56. The summed E-state index contributed by atoms with van der Waals surface area (Å²) in [7, 11) is 2.09. The number of hydrogen-bond donors (Lipinski definition) is 1. The van der Waals surface area contributed by atoms with Crippen LogP contribution >= 0.6 is 0 Å². The highest BCUT2D eigenvalue weighted by Gasteiger charge is 2.19. The van der Waals surface area contributed by atoms with Gasteiger partial charge in [0.2, 0.25) is 0 Å². The summed E-state index contributed by atoms with van der Waals surface area (Å²) in [6.45, 7) is 6.17. The molecule has 4 nitrogen and oxygen atoms in total. The molecule has 1 heterocycles. The number of aromatic nitrogens is 1. The molecular formula is C14H21N3O. The molecule has 0 unspecified atom stereocenters. The van der Waals surface area contributed by atoms with Gasteiger partial charge in [-0.15, -0.1) is 0 Å². The minimum Gasteiger partial charge on any atom is -0.443 e. The van der Waals surface area contributed by atoms with Gasteiger partial charge in [-0.1, -0.05) is 13.8 Å². The minimum atomic E-state index is 0.208. The normalized spacial score (nSPS) is 12.0. The van der Waals surface area contributed by atoms with E-state index in [9.17, 15) is 0 Å². The quantitative estimate of drug-likeness (QED) is 0.882. The van der Waals surface area contributed by atoms with Crippen molar-refractivity contribution >= 4 is 16.8 Å². The van der Waals surface area contributed by atoms with Gasteiger partial charge in [-0.25, -0.2) is 4.98 Å². The molecule has 0 atom stereocenters. The Labute approximate surface area is 108 Å². The van der Waals surface area contributed by atoms with Crippen LogP contribution in [0.2, 0.25) is 0 Å². The van der Waals surface area contributed by atoms with Crippen LogP contribution in [0.3, 0.4) is 0 Å². The summed E-state index contributed by atoms with van der Waals surface area (Å²) in [6.07, 6.45) is 2.49. The first kappa shape index (κ1) is 12.9. The number of anilines is 1. The van der Waals surface area contributed by atoms with Crippen molar-refractivity contribution in [1.82, 2.24) is 4.98 Å². The topological polar surface area (TPSA) is 55.3 Å². The average Bonchev–Trinajstić information content (AvgIpc) is 2.74. The van der Waals surface area contributed by atoms with Crippen LogP contribution in [0, 0.1) is 5.41 Å². The number of hydrogen-bond acceptors (Lipinski definition) is 4. The van der Waals surface area contributed by atoms with Crippen molar-refractivity contribution in [3.8, 4) is 0 Å². The number of benzene rings is 1. The molecule has 0 saturated heterocycles. The molecular weight excluding hydrogens is 226 g/mol. The predicted molar refractivity (Wildman–Crippen MR) is 74.7 cm³/mol. The van der Waals surface area contributed by atoms with Gasteiger partial charge < -0.3 is 15.1 Å². The second kappa shape index (κ2) is 4.98. The van der Waals surface area contributed by atoms with Gasteiger partial charge in [0, 0.05) is 25.3 Å². The second-order valence-corrected chi connectivity index (χ2v) is 5.56. The summed E-state index contributed by atoms with van der Waals surface area (Å²) in [5, 5.41) is 0. The van der Waals surface area contributed by atoms with Crippen LogP contribution in [0.4, 0.5) is 5.69 Å². The first-order chi connectivity index (χ1) is 8.52. The lowest BCUT2D eigenvalue weighted by Gasteiger charge is -2.31. The third-order valence-corrected chi connectivity index (χ3v) is 3.24. The van der Waals surface area contributed by atoms with Gasteiger partial charge in [-0.3, -0.25) is 0 Å². The van der Waals surface area contributed by atoms with Crippen molar-refractivity contribution in [3.05, 3.63) is 24.6 Å². The zero-order valence-electron chi connectivity index (χ0n) is 11.3. The van der Waals surface area contributed by atoms with Crippen molar-refractivity contribution < 1.29 is 4.42 Å². The van der Waals surface area contributed by atoms with Gasteiger partial charge in [0.05, 0.1) is 0 Å². The van der Waals surface area contributed by atoms with Crippen LogP contribution in [0.25, 0.3) is 11.1 Å². The maximum absolute atomic E-state index is 5.65. The Bertz CT molecular complexity index is 518. The summed E-state index contributed by atoms with van der Waals surface area (Å²) in [6, 6.07) is 6.09. The number of nitrogens with two attached hydrogens (primary N) is 1. The van der Waals surface area contributed by atoms with Crippen LogP contribution in [-0.2, 0) is 0 Å². The van der Waals surface area contributed by atoms with Crippen LogP contribution in [0.1, 0.15) is 20.3 Å². The Kier molecular flexibility index (Phi) is 3.57. The maximum atomic E-state index is 5.65. The van der Waals surface area contributed by atoms with E-state index in [1.54, 1.807) is 0 Å². The highest BCUT2D eigenvalue weighted by atomic mass is 16.3. The van der Waals surface area contributed by atoms with E-state index in [2.05, 4.69) is 36.8 Å².